The van der Waals surface area contributed by atoms with E-state index in [0.717, 1.165) is 26.1 Å². The molecule has 2 fully saturated rings. The molecule has 113 valence electrons. The fraction of sp³-hybridized carbons (Fsp3) is 0.800. The molecule has 0 spiro atoms. The third kappa shape index (κ3) is 3.32. The van der Waals surface area contributed by atoms with Crippen molar-refractivity contribution in [2.24, 2.45) is 17.6 Å². The molecule has 2 bridgehead atoms. The number of hydrogen-bond acceptors (Lipinski definition) is 3. The zero-order valence-electron chi connectivity index (χ0n) is 12.7. The van der Waals surface area contributed by atoms with Crippen LogP contribution < -0.4 is 5.73 Å². The van der Waals surface area contributed by atoms with E-state index in [9.17, 15) is 9.59 Å². The smallest absolute Gasteiger partial charge is 0.226 e. The molecule has 5 nitrogen and oxygen atoms in total. The highest BCUT2D eigenvalue weighted by atomic mass is 16.2. The first-order valence-electron chi connectivity index (χ1n) is 7.55. The van der Waals surface area contributed by atoms with Gasteiger partial charge < -0.3 is 10.6 Å². The van der Waals surface area contributed by atoms with Crippen LogP contribution in [-0.4, -0.2) is 53.3 Å². The van der Waals surface area contributed by atoms with Crippen molar-refractivity contribution in [2.75, 3.05) is 19.6 Å². The second-order valence-electron chi connectivity index (χ2n) is 6.62. The molecule has 2 aliphatic heterocycles. The summed E-state index contributed by atoms with van der Waals surface area (Å²) in [6.45, 7) is 9.16. The minimum Gasteiger partial charge on any atom is -0.369 e. The molecule has 0 aliphatic carbocycles. The summed E-state index contributed by atoms with van der Waals surface area (Å²) in [7, 11) is 0. The van der Waals surface area contributed by atoms with Gasteiger partial charge in [-0.05, 0) is 18.8 Å². The first kappa shape index (κ1) is 15.3. The number of likely N-dealkylation sites (tertiary alicyclic amines) is 2. The zero-order valence-corrected chi connectivity index (χ0v) is 12.7. The Hall–Kier alpha value is -1.10. The van der Waals surface area contributed by atoms with Crippen LogP contribution in [0.5, 0.6) is 0 Å². The van der Waals surface area contributed by atoms with Crippen LogP contribution in [0.4, 0.5) is 0 Å². The molecule has 2 unspecified atom stereocenters. The number of fused-ring (bicyclic) bond motifs is 2. The van der Waals surface area contributed by atoms with Gasteiger partial charge in [0.1, 0.15) is 0 Å². The molecule has 20 heavy (non-hydrogen) atoms. The molecule has 2 rings (SSSR count). The predicted octanol–water partition coefficient (Wildman–Crippen LogP) is 0.643. The van der Waals surface area contributed by atoms with Gasteiger partial charge >= 0.3 is 0 Å². The van der Waals surface area contributed by atoms with Gasteiger partial charge in [-0.25, -0.2) is 0 Å². The van der Waals surface area contributed by atoms with Crippen LogP contribution in [0.1, 0.15) is 33.6 Å². The molecule has 2 amide bonds. The third-order valence-electron chi connectivity index (χ3n) is 4.37. The molecule has 2 saturated heterocycles. The summed E-state index contributed by atoms with van der Waals surface area (Å²) in [5, 5.41) is 0. The molecule has 3 atom stereocenters. The average molecular weight is 280 g/mol. The number of carbonyl (C=O) groups is 2. The van der Waals surface area contributed by atoms with Gasteiger partial charge in [0.25, 0.3) is 0 Å². The summed E-state index contributed by atoms with van der Waals surface area (Å²) in [6.07, 6.45) is 3.17. The van der Waals surface area contributed by atoms with Gasteiger partial charge in [-0.1, -0.05) is 20.8 Å². The Kier molecular flexibility index (Phi) is 4.68. The third-order valence-corrected chi connectivity index (χ3v) is 4.37. The van der Waals surface area contributed by atoms with Crippen molar-refractivity contribution >= 4 is 11.8 Å². The highest BCUT2D eigenvalue weighted by Crippen LogP contribution is 2.31. The summed E-state index contributed by atoms with van der Waals surface area (Å²) in [5.41, 5.74) is 5.21. The van der Waals surface area contributed by atoms with Crippen LogP contribution in [0.25, 0.3) is 0 Å². The Labute approximate surface area is 121 Å². The van der Waals surface area contributed by atoms with Gasteiger partial charge in [-0.3, -0.25) is 14.5 Å². The first-order chi connectivity index (χ1) is 9.38. The highest BCUT2D eigenvalue weighted by Gasteiger charge is 2.44. The van der Waals surface area contributed by atoms with E-state index < -0.39 is 0 Å². The molecular formula is C15H26N3O2. The molecule has 0 aromatic heterocycles. The molecule has 2 aliphatic rings. The first-order valence-corrected chi connectivity index (χ1v) is 7.55. The van der Waals surface area contributed by atoms with Crippen molar-refractivity contribution in [3.63, 3.8) is 0 Å². The van der Waals surface area contributed by atoms with E-state index in [2.05, 4.69) is 18.7 Å². The standard InChI is InChI=1S/C15H26N3O2/c1-10(2)7-17-8-13-6-12(17)9-18(13)14(19)5-4-11(3)15(16)20/h5,10-13H,4,6-9H2,1-3H3,(H2,16,20)/t11?,12?,13-/m0/s1. The lowest BCUT2D eigenvalue weighted by Gasteiger charge is -2.35. The molecule has 2 N–H and O–H groups in total. The molecule has 0 saturated carbocycles. The van der Waals surface area contributed by atoms with E-state index in [4.69, 9.17) is 5.73 Å². The number of piperazine rings is 1. The fourth-order valence-electron chi connectivity index (χ4n) is 3.22. The number of rotatable bonds is 6. The minimum atomic E-state index is -0.347. The van der Waals surface area contributed by atoms with Gasteiger partial charge in [0, 0.05) is 37.6 Å². The lowest BCUT2D eigenvalue weighted by Crippen LogP contribution is -2.49. The summed E-state index contributed by atoms with van der Waals surface area (Å²) < 4.78 is 0. The Morgan fingerprint density at radius 1 is 1.25 bits per heavy atom. The Balaban J connectivity index is 1.79. The molecule has 0 aromatic rings. The van der Waals surface area contributed by atoms with Crippen LogP contribution in [0.15, 0.2) is 0 Å². The maximum Gasteiger partial charge on any atom is 0.226 e. The highest BCUT2D eigenvalue weighted by molar-refractivity contribution is 5.86. The molecule has 1 radical (unpaired) electrons. The van der Waals surface area contributed by atoms with Crippen molar-refractivity contribution in [2.45, 2.75) is 45.7 Å². The Morgan fingerprint density at radius 2 is 1.95 bits per heavy atom. The molecule has 0 aromatic carbocycles. The van der Waals surface area contributed by atoms with Gasteiger partial charge in [-0.15, -0.1) is 0 Å². The van der Waals surface area contributed by atoms with Gasteiger partial charge in [0.15, 0.2) is 0 Å². The van der Waals surface area contributed by atoms with Crippen molar-refractivity contribution in [3.8, 4) is 0 Å². The van der Waals surface area contributed by atoms with Gasteiger partial charge in [-0.2, -0.15) is 0 Å². The summed E-state index contributed by atoms with van der Waals surface area (Å²) in [5.74, 6) is 0.118. The fourth-order valence-corrected chi connectivity index (χ4v) is 3.22. The van der Waals surface area contributed by atoms with Gasteiger partial charge in [0.05, 0.1) is 6.42 Å². The van der Waals surface area contributed by atoms with E-state index in [-0.39, 0.29) is 17.7 Å². The maximum atomic E-state index is 12.2. The van der Waals surface area contributed by atoms with E-state index in [0.29, 0.717) is 24.4 Å². The minimum absolute atomic E-state index is 0.0646. The van der Waals surface area contributed by atoms with Gasteiger partial charge in [0.2, 0.25) is 11.8 Å². The van der Waals surface area contributed by atoms with Crippen LogP contribution in [0.3, 0.4) is 0 Å². The number of nitrogens with two attached hydrogens (primary N) is 1. The Morgan fingerprint density at radius 3 is 2.45 bits per heavy atom. The maximum absolute atomic E-state index is 12.2. The summed E-state index contributed by atoms with van der Waals surface area (Å²) in [6, 6.07) is 0.875. The van der Waals surface area contributed by atoms with E-state index in [1.165, 1.54) is 0 Å². The molecule has 2 heterocycles. The number of primary amides is 1. The van der Waals surface area contributed by atoms with Crippen molar-refractivity contribution in [3.05, 3.63) is 6.42 Å². The topological polar surface area (TPSA) is 66.6 Å². The number of carbonyl (C=O) groups excluding carboxylic acids is 2. The van der Waals surface area contributed by atoms with E-state index >= 15 is 0 Å². The number of amides is 2. The van der Waals surface area contributed by atoms with Crippen molar-refractivity contribution < 1.29 is 9.59 Å². The predicted molar refractivity (Wildman–Crippen MR) is 77.6 cm³/mol. The Bertz CT molecular complexity index is 383. The van der Waals surface area contributed by atoms with E-state index in [1.807, 2.05) is 4.90 Å². The average Bonchev–Trinajstić information content (AvgIpc) is 2.93. The van der Waals surface area contributed by atoms with Crippen molar-refractivity contribution in [1.82, 2.24) is 9.80 Å². The number of nitrogens with zero attached hydrogens (tertiary/aromatic N) is 2. The summed E-state index contributed by atoms with van der Waals surface area (Å²) in [4.78, 5) is 27.6. The van der Waals surface area contributed by atoms with Crippen LogP contribution in [0, 0.1) is 18.3 Å². The van der Waals surface area contributed by atoms with E-state index in [1.54, 1.807) is 13.3 Å². The second kappa shape index (κ2) is 6.12. The van der Waals surface area contributed by atoms with Crippen molar-refractivity contribution in [1.29, 1.82) is 0 Å². The normalized spacial score (nSPS) is 27.3. The largest absolute Gasteiger partial charge is 0.369 e. The summed E-state index contributed by atoms with van der Waals surface area (Å²) >= 11 is 0. The second-order valence-corrected chi connectivity index (χ2v) is 6.62. The molecular weight excluding hydrogens is 254 g/mol. The lowest BCUT2D eigenvalue weighted by molar-refractivity contribution is -0.130. The van der Waals surface area contributed by atoms with Crippen LogP contribution in [-0.2, 0) is 9.59 Å². The zero-order chi connectivity index (χ0) is 14.9. The molecule has 5 heteroatoms. The number of hydrogen-bond donors (Lipinski definition) is 1. The quantitative estimate of drug-likeness (QED) is 0.776. The monoisotopic (exact) mass is 280 g/mol. The lowest BCUT2D eigenvalue weighted by atomic mass is 10.0. The van der Waals surface area contributed by atoms with Crippen LogP contribution >= 0.6 is 0 Å². The SMILES string of the molecule is CC(C)CN1C[C@@H]2CC1CN2C(=O)[CH]CC(C)C(N)=O. The van der Waals surface area contributed by atoms with Crippen LogP contribution in [0.2, 0.25) is 0 Å².